The van der Waals surface area contributed by atoms with Crippen LogP contribution in [-0.4, -0.2) is 16.1 Å². The van der Waals surface area contributed by atoms with E-state index in [9.17, 15) is 9.18 Å². The summed E-state index contributed by atoms with van der Waals surface area (Å²) in [6, 6.07) is 15.1. The Kier molecular flexibility index (Phi) is 3.35. The van der Waals surface area contributed by atoms with Gasteiger partial charge in [0.25, 0.3) is 5.91 Å². The van der Waals surface area contributed by atoms with Crippen LogP contribution in [0.4, 0.5) is 10.2 Å². The number of rotatable bonds is 3. The maximum atomic E-state index is 13.9. The Morgan fingerprint density at radius 1 is 1.12 bits per heavy atom. The summed E-state index contributed by atoms with van der Waals surface area (Å²) in [6.07, 6.45) is 1.43. The number of hydrogen-bond donors (Lipinski definition) is 2. The summed E-state index contributed by atoms with van der Waals surface area (Å²) in [5, 5.41) is 10.4. The lowest BCUT2D eigenvalue weighted by Gasteiger charge is -2.04. The maximum absolute atomic E-state index is 13.9. The number of amides is 1. The van der Waals surface area contributed by atoms with Gasteiger partial charge in [-0.2, -0.15) is 5.10 Å². The van der Waals surface area contributed by atoms with Crippen LogP contribution in [0.25, 0.3) is 22.0 Å². The zero-order valence-corrected chi connectivity index (χ0v) is 12.4. The van der Waals surface area contributed by atoms with Gasteiger partial charge >= 0.3 is 0 Å². The minimum Gasteiger partial charge on any atom is -0.459 e. The lowest BCUT2D eigenvalue weighted by Crippen LogP contribution is -2.11. The molecule has 0 saturated carbocycles. The van der Waals surface area contributed by atoms with Crippen molar-refractivity contribution in [2.45, 2.75) is 0 Å². The molecule has 0 aliphatic carbocycles. The van der Waals surface area contributed by atoms with Crippen LogP contribution in [0.15, 0.2) is 65.3 Å². The zero-order chi connectivity index (χ0) is 16.5. The fourth-order valence-electron chi connectivity index (χ4n) is 2.55. The van der Waals surface area contributed by atoms with E-state index in [1.165, 1.54) is 12.3 Å². The van der Waals surface area contributed by atoms with Crippen LogP contribution in [0.1, 0.15) is 10.6 Å². The van der Waals surface area contributed by atoms with E-state index in [2.05, 4.69) is 15.5 Å². The first-order valence-electron chi connectivity index (χ1n) is 7.30. The van der Waals surface area contributed by atoms with E-state index in [1.807, 2.05) is 0 Å². The Morgan fingerprint density at radius 3 is 2.79 bits per heavy atom. The Morgan fingerprint density at radius 2 is 2.00 bits per heavy atom. The number of benzene rings is 2. The Bertz CT molecular complexity index is 1020. The van der Waals surface area contributed by atoms with Crippen molar-refractivity contribution in [3.8, 4) is 11.1 Å². The normalized spacial score (nSPS) is 10.9. The van der Waals surface area contributed by atoms with Gasteiger partial charge in [-0.05, 0) is 35.9 Å². The molecule has 2 heterocycles. The number of carbonyl (C=O) groups excluding carboxylic acids is 1. The number of anilines is 1. The van der Waals surface area contributed by atoms with Crippen molar-refractivity contribution in [3.05, 3.63) is 72.4 Å². The Hall–Kier alpha value is -3.41. The number of nitrogens with one attached hydrogen (secondary N) is 2. The first-order valence-corrected chi connectivity index (χ1v) is 7.30. The van der Waals surface area contributed by atoms with Gasteiger partial charge in [0.15, 0.2) is 11.6 Å². The van der Waals surface area contributed by atoms with E-state index in [4.69, 9.17) is 4.42 Å². The predicted molar refractivity (Wildman–Crippen MR) is 88.1 cm³/mol. The summed E-state index contributed by atoms with van der Waals surface area (Å²) < 4.78 is 19.0. The van der Waals surface area contributed by atoms with Crippen LogP contribution in [0, 0.1) is 5.82 Å². The van der Waals surface area contributed by atoms with Gasteiger partial charge in [0.2, 0.25) is 0 Å². The quantitative estimate of drug-likeness (QED) is 0.593. The lowest BCUT2D eigenvalue weighted by atomic mass is 10.0. The average molecular weight is 321 g/mol. The molecular formula is C18H12FN3O2. The molecule has 0 radical (unpaired) electrons. The molecule has 6 heteroatoms. The molecule has 0 spiro atoms. The highest BCUT2D eigenvalue weighted by atomic mass is 19.1. The molecule has 2 aromatic heterocycles. The van der Waals surface area contributed by atoms with Crippen LogP contribution in [0.2, 0.25) is 0 Å². The van der Waals surface area contributed by atoms with E-state index in [0.717, 1.165) is 10.9 Å². The molecule has 0 unspecified atom stereocenters. The molecule has 0 fully saturated rings. The average Bonchev–Trinajstić information content (AvgIpc) is 3.25. The molecule has 24 heavy (non-hydrogen) atoms. The van der Waals surface area contributed by atoms with Gasteiger partial charge in [-0.15, -0.1) is 0 Å². The number of fused-ring (bicyclic) bond motifs is 1. The van der Waals surface area contributed by atoms with Crippen LogP contribution >= 0.6 is 0 Å². The van der Waals surface area contributed by atoms with Crippen LogP contribution in [0.3, 0.4) is 0 Å². The number of hydrogen-bond acceptors (Lipinski definition) is 3. The van der Waals surface area contributed by atoms with Crippen molar-refractivity contribution in [2.75, 3.05) is 5.32 Å². The van der Waals surface area contributed by atoms with Gasteiger partial charge in [-0.1, -0.05) is 24.3 Å². The number of halogens is 1. The molecule has 0 bridgehead atoms. The van der Waals surface area contributed by atoms with Crippen LogP contribution in [0.5, 0.6) is 0 Å². The van der Waals surface area contributed by atoms with Gasteiger partial charge in [0.1, 0.15) is 5.82 Å². The number of aromatic nitrogens is 2. The van der Waals surface area contributed by atoms with E-state index < -0.39 is 0 Å². The van der Waals surface area contributed by atoms with Gasteiger partial charge < -0.3 is 9.73 Å². The SMILES string of the molecule is O=C(Nc1n[nH]c2cc(-c3ccccc3F)ccc12)c1ccco1. The number of furan rings is 1. The highest BCUT2D eigenvalue weighted by molar-refractivity contribution is 6.06. The van der Waals surface area contributed by atoms with Crippen LogP contribution < -0.4 is 5.32 Å². The molecule has 0 atom stereocenters. The number of nitrogens with zero attached hydrogens (tertiary/aromatic N) is 1. The van der Waals surface area contributed by atoms with Gasteiger partial charge in [-0.3, -0.25) is 9.89 Å². The smallest absolute Gasteiger partial charge is 0.292 e. The molecule has 4 rings (SSSR count). The van der Waals surface area contributed by atoms with Gasteiger partial charge in [0.05, 0.1) is 11.8 Å². The zero-order valence-electron chi connectivity index (χ0n) is 12.4. The molecule has 0 saturated heterocycles. The highest BCUT2D eigenvalue weighted by Gasteiger charge is 2.14. The third-order valence-corrected chi connectivity index (χ3v) is 3.72. The van der Waals surface area contributed by atoms with Crippen molar-refractivity contribution < 1.29 is 13.6 Å². The summed E-state index contributed by atoms with van der Waals surface area (Å²) in [5.41, 5.74) is 1.94. The van der Waals surface area contributed by atoms with Crippen molar-refractivity contribution in [1.82, 2.24) is 10.2 Å². The number of H-pyrrole nitrogens is 1. The number of carbonyl (C=O) groups is 1. The van der Waals surface area contributed by atoms with Crippen molar-refractivity contribution in [3.63, 3.8) is 0 Å². The summed E-state index contributed by atoms with van der Waals surface area (Å²) in [5.74, 6) is -0.0742. The molecule has 5 nitrogen and oxygen atoms in total. The number of aromatic amines is 1. The van der Waals surface area contributed by atoms with E-state index in [0.29, 0.717) is 16.9 Å². The second kappa shape index (κ2) is 5.66. The summed E-state index contributed by atoms with van der Waals surface area (Å²) >= 11 is 0. The molecule has 0 aliphatic heterocycles. The minimum atomic E-state index is -0.383. The molecule has 118 valence electrons. The first-order chi connectivity index (χ1) is 11.7. The molecule has 0 aliphatic rings. The van der Waals surface area contributed by atoms with Crippen molar-refractivity contribution in [2.24, 2.45) is 0 Å². The fourth-order valence-corrected chi connectivity index (χ4v) is 2.55. The molecule has 4 aromatic rings. The standard InChI is InChI=1S/C18H12FN3O2/c19-14-5-2-1-4-12(14)11-7-8-13-15(10-11)21-22-17(13)20-18(23)16-6-3-9-24-16/h1-10H,(H2,20,21,22,23). The summed E-state index contributed by atoms with van der Waals surface area (Å²) in [4.78, 5) is 12.0. The Balaban J connectivity index is 1.69. The molecular weight excluding hydrogens is 309 g/mol. The van der Waals surface area contributed by atoms with Crippen molar-refractivity contribution in [1.29, 1.82) is 0 Å². The van der Waals surface area contributed by atoms with E-state index >= 15 is 0 Å². The Labute approximate surface area is 136 Å². The molecule has 1 amide bonds. The van der Waals surface area contributed by atoms with Gasteiger partial charge in [-0.25, -0.2) is 4.39 Å². The van der Waals surface area contributed by atoms with E-state index in [1.54, 1.807) is 48.5 Å². The summed E-state index contributed by atoms with van der Waals surface area (Å²) in [7, 11) is 0. The maximum Gasteiger partial charge on any atom is 0.292 e. The largest absolute Gasteiger partial charge is 0.459 e. The first kappa shape index (κ1) is 14.2. The van der Waals surface area contributed by atoms with E-state index in [-0.39, 0.29) is 17.5 Å². The van der Waals surface area contributed by atoms with Crippen molar-refractivity contribution >= 4 is 22.6 Å². The minimum absolute atomic E-state index is 0.203. The third-order valence-electron chi connectivity index (χ3n) is 3.72. The monoisotopic (exact) mass is 321 g/mol. The highest BCUT2D eigenvalue weighted by Crippen LogP contribution is 2.28. The topological polar surface area (TPSA) is 70.9 Å². The second-order valence-electron chi connectivity index (χ2n) is 5.24. The lowest BCUT2D eigenvalue weighted by molar-refractivity contribution is 0.0996. The van der Waals surface area contributed by atoms with Gasteiger partial charge in [0, 0.05) is 10.9 Å². The van der Waals surface area contributed by atoms with Crippen LogP contribution in [-0.2, 0) is 0 Å². The summed E-state index contributed by atoms with van der Waals surface area (Å²) in [6.45, 7) is 0. The fraction of sp³-hybridized carbons (Fsp3) is 0. The predicted octanol–water partition coefficient (Wildman–Crippen LogP) is 4.21. The third kappa shape index (κ3) is 2.44. The molecule has 2 N–H and O–H groups in total. The molecule has 2 aromatic carbocycles. The second-order valence-corrected chi connectivity index (χ2v) is 5.24.